The zero-order chi connectivity index (χ0) is 15.6. The molecule has 4 rings (SSSR count). The Balaban J connectivity index is 1.70. The van der Waals surface area contributed by atoms with Crippen molar-refractivity contribution >= 4 is 21.6 Å². The second kappa shape index (κ2) is 6.21. The summed E-state index contributed by atoms with van der Waals surface area (Å²) in [7, 11) is 0. The molecule has 1 nitrogen and oxygen atoms in total. The minimum Gasteiger partial charge on any atom is -0.363 e. The summed E-state index contributed by atoms with van der Waals surface area (Å²) in [5.41, 5.74) is 4.10. The highest BCUT2D eigenvalue weighted by molar-refractivity contribution is 9.10. The zero-order valence-corrected chi connectivity index (χ0v) is 14.4. The van der Waals surface area contributed by atoms with E-state index in [0.717, 1.165) is 11.0 Å². The van der Waals surface area contributed by atoms with Crippen LogP contribution in [0, 0.1) is 0 Å². The fraction of sp³-hybridized carbons (Fsp3) is 0.143. The minimum absolute atomic E-state index is 0.403. The quantitative estimate of drug-likeness (QED) is 0.568. The van der Waals surface area contributed by atoms with E-state index in [2.05, 4.69) is 106 Å². The standard InChI is InChI=1S/C21H18BrN/c22-18-13-11-16(12-14-18)20-15-23(19-9-5-2-6-10-19)21(20)17-7-3-1-4-8-17/h1-14,20-21H,15H2. The van der Waals surface area contributed by atoms with Gasteiger partial charge in [0.15, 0.2) is 0 Å². The Morgan fingerprint density at radius 3 is 1.96 bits per heavy atom. The molecule has 0 saturated carbocycles. The van der Waals surface area contributed by atoms with Gasteiger partial charge in [-0.05, 0) is 35.4 Å². The highest BCUT2D eigenvalue weighted by Gasteiger charge is 2.40. The van der Waals surface area contributed by atoms with Crippen LogP contribution < -0.4 is 4.90 Å². The molecule has 2 unspecified atom stereocenters. The van der Waals surface area contributed by atoms with Gasteiger partial charge in [-0.1, -0.05) is 76.6 Å². The van der Waals surface area contributed by atoms with Gasteiger partial charge in [0.05, 0.1) is 6.04 Å². The summed E-state index contributed by atoms with van der Waals surface area (Å²) in [6.45, 7) is 1.06. The van der Waals surface area contributed by atoms with Crippen LogP contribution in [0.4, 0.5) is 5.69 Å². The molecule has 3 aromatic carbocycles. The molecule has 1 aliphatic heterocycles. The summed E-state index contributed by atoms with van der Waals surface area (Å²) in [6.07, 6.45) is 0. The fourth-order valence-electron chi connectivity index (χ4n) is 3.45. The van der Waals surface area contributed by atoms with Crippen LogP contribution in [0.25, 0.3) is 0 Å². The van der Waals surface area contributed by atoms with Crippen molar-refractivity contribution in [2.24, 2.45) is 0 Å². The summed E-state index contributed by atoms with van der Waals surface area (Å²) in [4.78, 5) is 2.50. The Kier molecular flexibility index (Phi) is 3.92. The van der Waals surface area contributed by atoms with E-state index >= 15 is 0 Å². The van der Waals surface area contributed by atoms with Crippen molar-refractivity contribution in [3.8, 4) is 0 Å². The summed E-state index contributed by atoms with van der Waals surface area (Å²) in [5, 5.41) is 0. The van der Waals surface area contributed by atoms with Crippen molar-refractivity contribution < 1.29 is 0 Å². The van der Waals surface area contributed by atoms with Crippen LogP contribution in [0.3, 0.4) is 0 Å². The second-order valence-electron chi connectivity index (χ2n) is 6.00. The summed E-state index contributed by atoms with van der Waals surface area (Å²) in [6, 6.07) is 30.7. The van der Waals surface area contributed by atoms with E-state index in [4.69, 9.17) is 0 Å². The van der Waals surface area contributed by atoms with E-state index in [1.165, 1.54) is 16.8 Å². The normalized spacial score (nSPS) is 20.1. The van der Waals surface area contributed by atoms with Crippen LogP contribution in [0.5, 0.6) is 0 Å². The molecule has 23 heavy (non-hydrogen) atoms. The smallest absolute Gasteiger partial charge is 0.0628 e. The molecule has 0 aromatic heterocycles. The Hall–Kier alpha value is -2.06. The van der Waals surface area contributed by atoms with Crippen molar-refractivity contribution in [2.75, 3.05) is 11.4 Å². The van der Waals surface area contributed by atoms with E-state index in [0.29, 0.717) is 12.0 Å². The third-order valence-corrected chi connectivity index (χ3v) is 5.17. The Labute approximate surface area is 145 Å². The first-order valence-electron chi connectivity index (χ1n) is 7.95. The molecule has 1 aliphatic rings. The maximum atomic E-state index is 3.53. The maximum absolute atomic E-state index is 3.53. The van der Waals surface area contributed by atoms with E-state index in [-0.39, 0.29) is 0 Å². The van der Waals surface area contributed by atoms with Crippen LogP contribution in [0.1, 0.15) is 23.1 Å². The van der Waals surface area contributed by atoms with Gasteiger partial charge < -0.3 is 4.90 Å². The highest BCUT2D eigenvalue weighted by Crippen LogP contribution is 2.47. The lowest BCUT2D eigenvalue weighted by atomic mass is 9.78. The average molecular weight is 364 g/mol. The molecule has 0 bridgehead atoms. The highest BCUT2D eigenvalue weighted by atomic mass is 79.9. The van der Waals surface area contributed by atoms with Gasteiger partial charge in [-0.2, -0.15) is 0 Å². The van der Waals surface area contributed by atoms with Crippen molar-refractivity contribution in [3.05, 3.63) is 101 Å². The van der Waals surface area contributed by atoms with Gasteiger partial charge in [0.25, 0.3) is 0 Å². The third-order valence-electron chi connectivity index (χ3n) is 4.64. The number of rotatable bonds is 3. The number of nitrogens with zero attached hydrogens (tertiary/aromatic N) is 1. The lowest BCUT2D eigenvalue weighted by Crippen LogP contribution is -2.48. The molecule has 1 heterocycles. The van der Waals surface area contributed by atoms with Gasteiger partial charge in [-0.25, -0.2) is 0 Å². The lowest BCUT2D eigenvalue weighted by molar-refractivity contribution is 0.391. The van der Waals surface area contributed by atoms with Crippen molar-refractivity contribution in [2.45, 2.75) is 12.0 Å². The van der Waals surface area contributed by atoms with Gasteiger partial charge in [-0.3, -0.25) is 0 Å². The van der Waals surface area contributed by atoms with Gasteiger partial charge in [0.2, 0.25) is 0 Å². The van der Waals surface area contributed by atoms with Crippen LogP contribution in [-0.4, -0.2) is 6.54 Å². The van der Waals surface area contributed by atoms with Crippen molar-refractivity contribution in [1.82, 2.24) is 0 Å². The van der Waals surface area contributed by atoms with Gasteiger partial charge >= 0.3 is 0 Å². The molecule has 0 amide bonds. The number of hydrogen-bond donors (Lipinski definition) is 0. The molecular weight excluding hydrogens is 346 g/mol. The molecule has 0 spiro atoms. The molecule has 114 valence electrons. The fourth-order valence-corrected chi connectivity index (χ4v) is 3.71. The van der Waals surface area contributed by atoms with Gasteiger partial charge in [0, 0.05) is 22.6 Å². The zero-order valence-electron chi connectivity index (χ0n) is 12.8. The number of para-hydroxylation sites is 1. The number of benzene rings is 3. The monoisotopic (exact) mass is 363 g/mol. The van der Waals surface area contributed by atoms with Gasteiger partial charge in [0.1, 0.15) is 0 Å². The SMILES string of the molecule is Brc1ccc(C2CN(c3ccccc3)C2c2ccccc2)cc1. The summed E-state index contributed by atoms with van der Waals surface area (Å²) >= 11 is 3.53. The first-order chi connectivity index (χ1) is 11.3. The summed E-state index contributed by atoms with van der Waals surface area (Å²) < 4.78 is 1.14. The Bertz CT molecular complexity index is 768. The topological polar surface area (TPSA) is 3.24 Å². The average Bonchev–Trinajstić information content (AvgIpc) is 2.58. The first kappa shape index (κ1) is 14.5. The van der Waals surface area contributed by atoms with Gasteiger partial charge in [-0.15, -0.1) is 0 Å². The predicted molar refractivity (Wildman–Crippen MR) is 99.9 cm³/mol. The molecule has 3 aromatic rings. The van der Waals surface area contributed by atoms with Crippen LogP contribution in [0.15, 0.2) is 89.4 Å². The molecular formula is C21H18BrN. The lowest BCUT2D eigenvalue weighted by Gasteiger charge is -2.50. The molecule has 0 aliphatic carbocycles. The first-order valence-corrected chi connectivity index (χ1v) is 8.74. The molecule has 1 saturated heterocycles. The van der Waals surface area contributed by atoms with Crippen molar-refractivity contribution in [1.29, 1.82) is 0 Å². The summed E-state index contributed by atoms with van der Waals surface area (Å²) in [5.74, 6) is 0.533. The maximum Gasteiger partial charge on any atom is 0.0628 e. The van der Waals surface area contributed by atoms with Crippen LogP contribution >= 0.6 is 15.9 Å². The number of anilines is 1. The second-order valence-corrected chi connectivity index (χ2v) is 6.92. The van der Waals surface area contributed by atoms with E-state index in [1.807, 2.05) is 0 Å². The molecule has 2 atom stereocenters. The Morgan fingerprint density at radius 2 is 1.30 bits per heavy atom. The predicted octanol–water partition coefficient (Wildman–Crippen LogP) is 5.79. The molecule has 0 N–H and O–H groups in total. The molecule has 1 fully saturated rings. The van der Waals surface area contributed by atoms with Crippen LogP contribution in [0.2, 0.25) is 0 Å². The third kappa shape index (κ3) is 2.79. The Morgan fingerprint density at radius 1 is 0.696 bits per heavy atom. The largest absolute Gasteiger partial charge is 0.363 e. The van der Waals surface area contributed by atoms with E-state index in [9.17, 15) is 0 Å². The number of halogens is 1. The molecule has 2 heteroatoms. The minimum atomic E-state index is 0.403. The van der Waals surface area contributed by atoms with Crippen LogP contribution in [-0.2, 0) is 0 Å². The van der Waals surface area contributed by atoms with Crippen molar-refractivity contribution in [3.63, 3.8) is 0 Å². The number of hydrogen-bond acceptors (Lipinski definition) is 1. The van der Waals surface area contributed by atoms with E-state index < -0.39 is 0 Å². The van der Waals surface area contributed by atoms with E-state index in [1.54, 1.807) is 0 Å². The molecule has 0 radical (unpaired) electrons.